The number of carbonyl (C=O) groups excluding carboxylic acids is 2. The van der Waals surface area contributed by atoms with Gasteiger partial charge < -0.3 is 23.8 Å². The Hall–Kier alpha value is -4.28. The summed E-state index contributed by atoms with van der Waals surface area (Å²) >= 11 is 0. The first-order valence-corrected chi connectivity index (χ1v) is 11.8. The van der Waals surface area contributed by atoms with Gasteiger partial charge in [0, 0.05) is 38.2 Å². The number of aromatic nitrogens is 1. The second-order valence-electron chi connectivity index (χ2n) is 8.53. The summed E-state index contributed by atoms with van der Waals surface area (Å²) in [6.07, 6.45) is -2.86. The molecule has 0 atom stereocenters. The molecule has 1 aliphatic heterocycles. The third-order valence-electron chi connectivity index (χ3n) is 5.82. The average Bonchev–Trinajstić information content (AvgIpc) is 2.91. The molecule has 0 radical (unpaired) electrons. The quantitative estimate of drug-likeness (QED) is 0.365. The number of hydrogen-bond acceptors (Lipinski definition) is 7. The molecule has 0 spiro atoms. The van der Waals surface area contributed by atoms with E-state index < -0.39 is 17.8 Å². The van der Waals surface area contributed by atoms with Crippen LogP contribution in [0.4, 0.5) is 18.0 Å². The Morgan fingerprint density at radius 2 is 1.55 bits per heavy atom. The van der Waals surface area contributed by atoms with E-state index >= 15 is 0 Å². The van der Waals surface area contributed by atoms with Crippen molar-refractivity contribution >= 4 is 12.1 Å². The molecule has 0 saturated carbocycles. The van der Waals surface area contributed by atoms with E-state index in [4.69, 9.17) is 14.2 Å². The zero-order valence-corrected chi connectivity index (χ0v) is 20.4. The number of rotatable bonds is 7. The van der Waals surface area contributed by atoms with Gasteiger partial charge in [-0.2, -0.15) is 13.2 Å². The molecule has 2 heterocycles. The van der Waals surface area contributed by atoms with Crippen molar-refractivity contribution in [1.82, 2.24) is 9.88 Å². The highest BCUT2D eigenvalue weighted by atomic mass is 19.4. The van der Waals surface area contributed by atoms with Gasteiger partial charge >= 0.3 is 18.2 Å². The number of likely N-dealkylation sites (tertiary alicyclic amines) is 1. The highest BCUT2D eigenvalue weighted by Crippen LogP contribution is 2.30. The molecule has 0 aliphatic carbocycles. The Morgan fingerprint density at radius 1 is 0.921 bits per heavy atom. The van der Waals surface area contributed by atoms with Crippen molar-refractivity contribution in [3.63, 3.8) is 0 Å². The van der Waals surface area contributed by atoms with Crippen LogP contribution in [0.25, 0.3) is 0 Å². The lowest BCUT2D eigenvalue weighted by atomic mass is 10.1. The molecular formula is C27H25F3N2O6. The second kappa shape index (κ2) is 11.8. The summed E-state index contributed by atoms with van der Waals surface area (Å²) in [7, 11) is 1.35. The maximum atomic E-state index is 12.6. The lowest BCUT2D eigenvalue weighted by Gasteiger charge is -2.31. The number of halogens is 3. The molecular weight excluding hydrogens is 505 g/mol. The minimum absolute atomic E-state index is 0.00460. The smallest absolute Gasteiger partial charge is 0.417 e. The number of amides is 1. The Kier molecular flexibility index (Phi) is 8.35. The van der Waals surface area contributed by atoms with Crippen molar-refractivity contribution < 1.29 is 41.7 Å². The Balaban J connectivity index is 1.22. The number of ether oxygens (including phenoxy) is 4. The minimum atomic E-state index is -4.47. The predicted octanol–water partition coefficient (Wildman–Crippen LogP) is 5.65. The summed E-state index contributed by atoms with van der Waals surface area (Å²) in [5.74, 6) is 1.01. The number of carbonyl (C=O) groups is 2. The fourth-order valence-corrected chi connectivity index (χ4v) is 3.74. The Morgan fingerprint density at radius 3 is 2.13 bits per heavy atom. The first-order valence-electron chi connectivity index (χ1n) is 11.8. The highest BCUT2D eigenvalue weighted by molar-refractivity contribution is 5.72. The highest BCUT2D eigenvalue weighted by Gasteiger charge is 2.30. The summed E-state index contributed by atoms with van der Waals surface area (Å²) in [6.45, 7) is 0.926. The van der Waals surface area contributed by atoms with Gasteiger partial charge in [0.25, 0.3) is 0 Å². The second-order valence-corrected chi connectivity index (χ2v) is 8.53. The topological polar surface area (TPSA) is 87.2 Å². The normalized spacial score (nSPS) is 14.1. The summed E-state index contributed by atoms with van der Waals surface area (Å²) in [5.41, 5.74) is -0.0357. The van der Waals surface area contributed by atoms with Crippen LogP contribution in [0.2, 0.25) is 0 Å². The van der Waals surface area contributed by atoms with E-state index in [0.717, 1.165) is 17.7 Å². The number of piperidine rings is 1. The van der Waals surface area contributed by atoms with E-state index in [-0.39, 0.29) is 24.4 Å². The van der Waals surface area contributed by atoms with Crippen molar-refractivity contribution in [2.75, 3.05) is 20.2 Å². The molecule has 1 fully saturated rings. The molecule has 4 rings (SSSR count). The predicted molar refractivity (Wildman–Crippen MR) is 129 cm³/mol. The van der Waals surface area contributed by atoms with Crippen molar-refractivity contribution in [2.45, 2.75) is 31.5 Å². The zero-order chi connectivity index (χ0) is 27.1. The van der Waals surface area contributed by atoms with Gasteiger partial charge in [0.2, 0.25) is 5.88 Å². The van der Waals surface area contributed by atoms with Crippen LogP contribution in [0.3, 0.4) is 0 Å². The molecule has 1 aliphatic rings. The first-order chi connectivity index (χ1) is 18.2. The van der Waals surface area contributed by atoms with Crippen LogP contribution in [-0.2, 0) is 22.1 Å². The third-order valence-corrected chi connectivity index (χ3v) is 5.82. The van der Waals surface area contributed by atoms with E-state index in [1.54, 1.807) is 17.0 Å². The van der Waals surface area contributed by atoms with Crippen LogP contribution >= 0.6 is 0 Å². The lowest BCUT2D eigenvalue weighted by molar-refractivity contribution is -0.140. The van der Waals surface area contributed by atoms with Crippen molar-refractivity contribution in [1.29, 1.82) is 0 Å². The maximum absolute atomic E-state index is 12.6. The summed E-state index contributed by atoms with van der Waals surface area (Å²) < 4.78 is 59.5. The molecule has 38 heavy (non-hydrogen) atoms. The van der Waals surface area contributed by atoms with E-state index in [0.29, 0.717) is 49.4 Å². The van der Waals surface area contributed by atoms with E-state index in [1.165, 1.54) is 31.4 Å². The number of nitrogens with zero attached hydrogens (tertiary/aromatic N) is 2. The van der Waals surface area contributed by atoms with Crippen LogP contribution in [0.1, 0.15) is 24.0 Å². The van der Waals surface area contributed by atoms with Gasteiger partial charge in [-0.1, -0.05) is 12.1 Å². The van der Waals surface area contributed by atoms with E-state index in [2.05, 4.69) is 9.72 Å². The molecule has 3 aromatic rings. The summed E-state index contributed by atoms with van der Waals surface area (Å²) in [4.78, 5) is 29.2. The number of alkyl halides is 3. The SMILES string of the molecule is COC(=O)Cc1ccc(OC2CCN(C(=O)Oc3ccc(Oc4ccc(C(F)(F)F)cn4)cc3)CC2)cc1. The van der Waals surface area contributed by atoms with Crippen molar-refractivity contribution in [3.05, 3.63) is 78.0 Å². The largest absolute Gasteiger partial charge is 0.490 e. The summed E-state index contributed by atoms with van der Waals surface area (Å²) in [5, 5.41) is 0. The van der Waals surface area contributed by atoms with E-state index in [1.807, 2.05) is 12.1 Å². The average molecular weight is 530 g/mol. The van der Waals surface area contributed by atoms with Crippen LogP contribution in [-0.4, -0.2) is 48.2 Å². The van der Waals surface area contributed by atoms with Gasteiger partial charge in [-0.15, -0.1) is 0 Å². The van der Waals surface area contributed by atoms with Gasteiger partial charge in [-0.25, -0.2) is 9.78 Å². The number of esters is 1. The molecule has 0 unspecified atom stereocenters. The van der Waals surface area contributed by atoms with Gasteiger partial charge in [0.1, 0.15) is 23.4 Å². The van der Waals surface area contributed by atoms with Gasteiger partial charge in [-0.05, 0) is 48.0 Å². The number of methoxy groups -OCH3 is 1. The first kappa shape index (κ1) is 26.8. The number of hydrogen-bond donors (Lipinski definition) is 0. The van der Waals surface area contributed by atoms with E-state index in [9.17, 15) is 22.8 Å². The van der Waals surface area contributed by atoms with Gasteiger partial charge in [0.15, 0.2) is 0 Å². The van der Waals surface area contributed by atoms with Crippen LogP contribution in [0.15, 0.2) is 66.9 Å². The molecule has 0 N–H and O–H groups in total. The molecule has 200 valence electrons. The molecule has 2 aromatic carbocycles. The maximum Gasteiger partial charge on any atom is 0.417 e. The molecule has 0 bridgehead atoms. The van der Waals surface area contributed by atoms with Crippen molar-refractivity contribution in [2.24, 2.45) is 0 Å². The molecule has 11 heteroatoms. The van der Waals surface area contributed by atoms with Crippen LogP contribution in [0.5, 0.6) is 23.1 Å². The zero-order valence-electron chi connectivity index (χ0n) is 20.4. The van der Waals surface area contributed by atoms with Gasteiger partial charge in [-0.3, -0.25) is 4.79 Å². The van der Waals surface area contributed by atoms with Gasteiger partial charge in [0.05, 0.1) is 19.1 Å². The van der Waals surface area contributed by atoms with Crippen LogP contribution in [0, 0.1) is 0 Å². The fourth-order valence-electron chi connectivity index (χ4n) is 3.74. The molecule has 8 nitrogen and oxygen atoms in total. The van der Waals surface area contributed by atoms with Crippen LogP contribution < -0.4 is 14.2 Å². The summed E-state index contributed by atoms with van der Waals surface area (Å²) in [6, 6.07) is 15.4. The molecule has 1 saturated heterocycles. The third kappa shape index (κ3) is 7.37. The monoisotopic (exact) mass is 530 g/mol. The lowest BCUT2D eigenvalue weighted by Crippen LogP contribution is -2.43. The standard InChI is InChI=1S/C27H25F3N2O6/c1-35-25(33)16-18-2-5-20(6-3-18)36-23-12-14-32(15-13-23)26(34)38-22-9-7-21(8-10-22)37-24-11-4-19(17-31-24)27(28,29)30/h2-11,17,23H,12-16H2,1H3. The fraction of sp³-hybridized carbons (Fsp3) is 0.296. The number of pyridine rings is 1. The minimum Gasteiger partial charge on any atom is -0.490 e. The Labute approximate surface area is 216 Å². The molecule has 1 aromatic heterocycles. The van der Waals surface area contributed by atoms with Crippen molar-refractivity contribution in [3.8, 4) is 23.1 Å². The molecule has 1 amide bonds. The number of benzene rings is 2. The Bertz CT molecular complexity index is 1220.